The first-order valence-electron chi connectivity index (χ1n) is 7.80. The molecule has 1 aliphatic carbocycles. The second kappa shape index (κ2) is 6.90. The number of carbonyl (C=O) groups excluding carboxylic acids is 2. The van der Waals surface area contributed by atoms with Gasteiger partial charge >= 0.3 is 6.09 Å². The van der Waals surface area contributed by atoms with E-state index in [9.17, 15) is 9.59 Å². The number of carbonyl (C=O) groups is 2. The van der Waals surface area contributed by atoms with Crippen LogP contribution in [0.4, 0.5) is 4.79 Å². The third kappa shape index (κ3) is 4.83. The summed E-state index contributed by atoms with van der Waals surface area (Å²) in [5, 5.41) is 2.89. The van der Waals surface area contributed by atoms with Gasteiger partial charge in [-0.05, 0) is 58.6 Å². The molecule has 1 N–H and O–H groups in total. The molecule has 0 aromatic carbocycles. The van der Waals surface area contributed by atoms with E-state index in [1.54, 1.807) is 18.3 Å². The van der Waals surface area contributed by atoms with Crippen molar-refractivity contribution < 1.29 is 14.3 Å². The van der Waals surface area contributed by atoms with Crippen LogP contribution in [-0.2, 0) is 4.74 Å². The smallest absolute Gasteiger partial charge is 0.407 e. The Morgan fingerprint density at radius 1 is 1.18 bits per heavy atom. The van der Waals surface area contributed by atoms with Crippen LogP contribution in [0.3, 0.4) is 0 Å². The number of amides is 1. The molecule has 1 aromatic rings. The number of pyridine rings is 1. The molecule has 5 heteroatoms. The van der Waals surface area contributed by atoms with Crippen LogP contribution in [0.5, 0.6) is 0 Å². The largest absolute Gasteiger partial charge is 0.444 e. The van der Waals surface area contributed by atoms with Crippen molar-refractivity contribution in [1.29, 1.82) is 0 Å². The van der Waals surface area contributed by atoms with Gasteiger partial charge in [-0.1, -0.05) is 6.07 Å². The van der Waals surface area contributed by atoms with Gasteiger partial charge in [-0.25, -0.2) is 4.79 Å². The van der Waals surface area contributed by atoms with Crippen molar-refractivity contribution in [2.24, 2.45) is 5.92 Å². The second-order valence-corrected chi connectivity index (χ2v) is 6.77. The molecule has 1 fully saturated rings. The predicted octanol–water partition coefficient (Wildman–Crippen LogP) is 3.35. The SMILES string of the molecule is CC(C)(C)OC(=O)N[C@H]1CC[C@H](C(=O)c2ccccn2)CC1. The Labute approximate surface area is 131 Å². The number of ketones is 1. The number of Topliss-reactive ketones (excluding diaryl/α,β-unsaturated/α-hetero) is 1. The quantitative estimate of drug-likeness (QED) is 0.870. The molecule has 1 heterocycles. The van der Waals surface area contributed by atoms with Crippen molar-refractivity contribution in [3.8, 4) is 0 Å². The summed E-state index contributed by atoms with van der Waals surface area (Å²) in [5.41, 5.74) is 0.0435. The summed E-state index contributed by atoms with van der Waals surface area (Å²) in [6.45, 7) is 5.53. The van der Waals surface area contributed by atoms with Gasteiger partial charge in [0.05, 0.1) is 0 Å². The van der Waals surface area contributed by atoms with Crippen molar-refractivity contribution in [3.05, 3.63) is 30.1 Å². The highest BCUT2D eigenvalue weighted by Gasteiger charge is 2.29. The Morgan fingerprint density at radius 3 is 2.41 bits per heavy atom. The molecule has 0 atom stereocenters. The monoisotopic (exact) mass is 304 g/mol. The van der Waals surface area contributed by atoms with Crippen molar-refractivity contribution >= 4 is 11.9 Å². The third-order valence-corrected chi connectivity index (χ3v) is 3.74. The molecule has 0 bridgehead atoms. The molecule has 1 aliphatic rings. The van der Waals surface area contributed by atoms with E-state index in [4.69, 9.17) is 4.74 Å². The molecule has 1 amide bonds. The van der Waals surface area contributed by atoms with Crippen molar-refractivity contribution in [3.63, 3.8) is 0 Å². The molecule has 120 valence electrons. The fourth-order valence-electron chi connectivity index (χ4n) is 2.69. The number of hydrogen-bond donors (Lipinski definition) is 1. The number of alkyl carbamates (subject to hydrolysis) is 1. The van der Waals surface area contributed by atoms with Gasteiger partial charge < -0.3 is 10.1 Å². The topological polar surface area (TPSA) is 68.3 Å². The standard InChI is InChI=1S/C17H24N2O3/c1-17(2,3)22-16(21)19-13-9-7-12(8-10-13)15(20)14-6-4-5-11-18-14/h4-6,11-13H,7-10H2,1-3H3,(H,19,21)/t12-,13-. The second-order valence-electron chi connectivity index (χ2n) is 6.77. The lowest BCUT2D eigenvalue weighted by Crippen LogP contribution is -2.41. The number of hydrogen-bond acceptors (Lipinski definition) is 4. The first-order chi connectivity index (χ1) is 10.3. The summed E-state index contributed by atoms with van der Waals surface area (Å²) >= 11 is 0. The number of rotatable bonds is 3. The van der Waals surface area contributed by atoms with E-state index < -0.39 is 5.60 Å². The molecule has 5 nitrogen and oxygen atoms in total. The van der Waals surface area contributed by atoms with Crippen LogP contribution in [-0.4, -0.2) is 28.5 Å². The Balaban J connectivity index is 1.81. The molecule has 0 saturated heterocycles. The summed E-state index contributed by atoms with van der Waals surface area (Å²) < 4.78 is 5.26. The minimum absolute atomic E-state index is 0.00610. The van der Waals surface area contributed by atoms with Crippen molar-refractivity contribution in [2.45, 2.75) is 58.1 Å². The Kier molecular flexibility index (Phi) is 5.16. The zero-order valence-electron chi connectivity index (χ0n) is 13.5. The first kappa shape index (κ1) is 16.5. The average Bonchev–Trinajstić information content (AvgIpc) is 2.46. The van der Waals surface area contributed by atoms with Crippen LogP contribution < -0.4 is 5.32 Å². The summed E-state index contributed by atoms with van der Waals surface area (Å²) in [6.07, 6.45) is 4.40. The van der Waals surface area contributed by atoms with Gasteiger partial charge in [0.2, 0.25) is 0 Å². The fraction of sp³-hybridized carbons (Fsp3) is 0.588. The minimum Gasteiger partial charge on any atom is -0.444 e. The van der Waals surface area contributed by atoms with E-state index in [0.717, 1.165) is 25.7 Å². The van der Waals surface area contributed by atoms with Crippen molar-refractivity contribution in [2.75, 3.05) is 0 Å². The molecule has 1 saturated carbocycles. The molecule has 0 unspecified atom stereocenters. The number of aromatic nitrogens is 1. The van der Waals surface area contributed by atoms with Crippen LogP contribution in [0.15, 0.2) is 24.4 Å². The number of nitrogens with zero attached hydrogens (tertiary/aromatic N) is 1. The maximum atomic E-state index is 12.3. The summed E-state index contributed by atoms with van der Waals surface area (Å²) in [6, 6.07) is 5.48. The molecule has 0 radical (unpaired) electrons. The molecule has 0 spiro atoms. The lowest BCUT2D eigenvalue weighted by atomic mass is 9.82. The van der Waals surface area contributed by atoms with E-state index in [0.29, 0.717) is 5.69 Å². The highest BCUT2D eigenvalue weighted by atomic mass is 16.6. The molecule has 0 aliphatic heterocycles. The molecule has 22 heavy (non-hydrogen) atoms. The van der Waals surface area contributed by atoms with Gasteiger partial charge in [0, 0.05) is 18.2 Å². The lowest BCUT2D eigenvalue weighted by Gasteiger charge is -2.29. The zero-order valence-corrected chi connectivity index (χ0v) is 13.5. The van der Waals surface area contributed by atoms with Gasteiger partial charge in [0.25, 0.3) is 0 Å². The number of nitrogens with one attached hydrogen (secondary N) is 1. The van der Waals surface area contributed by atoms with Crippen LogP contribution >= 0.6 is 0 Å². The van der Waals surface area contributed by atoms with Gasteiger partial charge in [-0.15, -0.1) is 0 Å². The Bertz CT molecular complexity index is 514. The zero-order chi connectivity index (χ0) is 16.2. The van der Waals surface area contributed by atoms with E-state index in [1.807, 2.05) is 26.8 Å². The van der Waals surface area contributed by atoms with Crippen molar-refractivity contribution in [1.82, 2.24) is 10.3 Å². The summed E-state index contributed by atoms with van der Waals surface area (Å²) in [7, 11) is 0. The minimum atomic E-state index is -0.490. The van der Waals surface area contributed by atoms with Crippen LogP contribution in [0, 0.1) is 5.92 Å². The number of ether oxygens (including phenoxy) is 1. The molecule has 2 rings (SSSR count). The maximum absolute atomic E-state index is 12.3. The normalized spacial score (nSPS) is 22.0. The predicted molar refractivity (Wildman–Crippen MR) is 83.7 cm³/mol. The Hall–Kier alpha value is -1.91. The molecule has 1 aromatic heterocycles. The first-order valence-corrected chi connectivity index (χ1v) is 7.80. The Morgan fingerprint density at radius 2 is 1.86 bits per heavy atom. The van der Waals surface area contributed by atoms with Gasteiger partial charge in [-0.2, -0.15) is 0 Å². The van der Waals surface area contributed by atoms with E-state index in [-0.39, 0.29) is 23.8 Å². The highest BCUT2D eigenvalue weighted by Crippen LogP contribution is 2.27. The summed E-state index contributed by atoms with van der Waals surface area (Å²) in [5.74, 6) is 0.114. The fourth-order valence-corrected chi connectivity index (χ4v) is 2.69. The van der Waals surface area contributed by atoms with Gasteiger partial charge in [0.1, 0.15) is 11.3 Å². The van der Waals surface area contributed by atoms with Crippen LogP contribution in [0.1, 0.15) is 56.9 Å². The molecular formula is C17H24N2O3. The van der Waals surface area contributed by atoms with Gasteiger partial charge in [-0.3, -0.25) is 9.78 Å². The van der Waals surface area contributed by atoms with Gasteiger partial charge in [0.15, 0.2) is 5.78 Å². The van der Waals surface area contributed by atoms with Crippen LogP contribution in [0.2, 0.25) is 0 Å². The van der Waals surface area contributed by atoms with E-state index in [2.05, 4.69) is 10.3 Å². The summed E-state index contributed by atoms with van der Waals surface area (Å²) in [4.78, 5) is 28.2. The average molecular weight is 304 g/mol. The highest BCUT2D eigenvalue weighted by molar-refractivity contribution is 5.96. The molecular weight excluding hydrogens is 280 g/mol. The maximum Gasteiger partial charge on any atom is 0.407 e. The third-order valence-electron chi connectivity index (χ3n) is 3.74. The van der Waals surface area contributed by atoms with Crippen LogP contribution in [0.25, 0.3) is 0 Å². The van der Waals surface area contributed by atoms with E-state index >= 15 is 0 Å². The lowest BCUT2D eigenvalue weighted by molar-refractivity contribution is 0.0487. The van der Waals surface area contributed by atoms with E-state index in [1.165, 1.54) is 0 Å².